The minimum atomic E-state index is -0.206. The van der Waals surface area contributed by atoms with E-state index < -0.39 is 0 Å². The maximum atomic E-state index is 13.1. The number of likely N-dealkylation sites (tertiary alicyclic amines) is 1. The summed E-state index contributed by atoms with van der Waals surface area (Å²) < 4.78 is 1.13. The lowest BCUT2D eigenvalue weighted by atomic mass is 9.87. The van der Waals surface area contributed by atoms with Crippen LogP contribution >= 0.6 is 11.3 Å². The number of carbonyl (C=O) groups is 2. The Labute approximate surface area is 191 Å². The number of nitrogens with one attached hydrogen (secondary N) is 1. The molecule has 2 aromatic heterocycles. The first-order valence-corrected chi connectivity index (χ1v) is 12.1. The van der Waals surface area contributed by atoms with Crippen LogP contribution in [0.2, 0.25) is 0 Å². The second kappa shape index (κ2) is 8.86. The Morgan fingerprint density at radius 2 is 1.81 bits per heavy atom. The molecule has 1 spiro atoms. The van der Waals surface area contributed by atoms with Gasteiger partial charge in [-0.1, -0.05) is 18.2 Å². The van der Waals surface area contributed by atoms with Gasteiger partial charge in [0.15, 0.2) is 0 Å². The molecule has 1 N–H and O–H groups in total. The van der Waals surface area contributed by atoms with Crippen molar-refractivity contribution in [3.63, 3.8) is 0 Å². The fourth-order valence-electron chi connectivity index (χ4n) is 5.18. The van der Waals surface area contributed by atoms with Crippen LogP contribution in [0.1, 0.15) is 42.5 Å². The second-order valence-corrected chi connectivity index (χ2v) is 9.51. The van der Waals surface area contributed by atoms with Crippen LogP contribution in [0.25, 0.3) is 10.2 Å². The predicted molar refractivity (Wildman–Crippen MR) is 126 cm³/mol. The highest BCUT2D eigenvalue weighted by Gasteiger charge is 2.44. The van der Waals surface area contributed by atoms with E-state index in [2.05, 4.69) is 25.6 Å². The molecule has 8 heteroatoms. The number of fused-ring (bicyclic) bond motifs is 1. The highest BCUT2D eigenvalue weighted by Crippen LogP contribution is 2.40. The van der Waals surface area contributed by atoms with Gasteiger partial charge in [0, 0.05) is 30.7 Å². The molecule has 0 radical (unpaired) electrons. The Morgan fingerprint density at radius 3 is 2.66 bits per heavy atom. The lowest BCUT2D eigenvalue weighted by molar-refractivity contribution is -0.134. The average Bonchev–Trinajstić information content (AvgIpc) is 3.41. The molecule has 2 saturated heterocycles. The predicted octanol–water partition coefficient (Wildman–Crippen LogP) is 3.47. The number of thiophene rings is 1. The molecular weight excluding hydrogens is 422 g/mol. The number of hydrogen-bond donors (Lipinski definition) is 1. The van der Waals surface area contributed by atoms with Gasteiger partial charge in [0.1, 0.15) is 12.1 Å². The van der Waals surface area contributed by atoms with Crippen molar-refractivity contribution < 1.29 is 9.59 Å². The summed E-state index contributed by atoms with van der Waals surface area (Å²) >= 11 is 1.68. The SMILES string of the molecule is O=C(NCC(=O)N1CCCC12CCCN(c1ncnc3ccsc13)CC2)c1ccccc1. The molecule has 1 unspecified atom stereocenters. The van der Waals surface area contributed by atoms with Crippen molar-refractivity contribution in [1.29, 1.82) is 0 Å². The fourth-order valence-corrected chi connectivity index (χ4v) is 6.04. The van der Waals surface area contributed by atoms with Crippen LogP contribution in [0.5, 0.6) is 0 Å². The first-order chi connectivity index (χ1) is 15.7. The van der Waals surface area contributed by atoms with Gasteiger partial charge in [0.25, 0.3) is 5.91 Å². The number of nitrogens with zero attached hydrogens (tertiary/aromatic N) is 4. The quantitative estimate of drug-likeness (QED) is 0.660. The topological polar surface area (TPSA) is 78.4 Å². The van der Waals surface area contributed by atoms with Crippen molar-refractivity contribution in [2.45, 2.75) is 37.6 Å². The van der Waals surface area contributed by atoms with Crippen LogP contribution < -0.4 is 10.2 Å². The number of benzene rings is 1. The first-order valence-electron chi connectivity index (χ1n) is 11.2. The molecule has 5 rings (SSSR count). The molecule has 166 valence electrons. The molecule has 32 heavy (non-hydrogen) atoms. The molecule has 1 atom stereocenters. The molecule has 2 fully saturated rings. The van der Waals surface area contributed by atoms with Gasteiger partial charge in [-0.3, -0.25) is 9.59 Å². The normalized spacial score (nSPS) is 21.1. The summed E-state index contributed by atoms with van der Waals surface area (Å²) in [6, 6.07) is 11.1. The Bertz CT molecular complexity index is 1120. The standard InChI is InChI=1S/C24H27N5O2S/c30-20(16-25-23(31)18-6-2-1-3-7-18)29-13-5-10-24(29)9-4-12-28(14-11-24)22-21-19(8-15-32-21)26-17-27-22/h1-3,6-8,15,17H,4-5,9-14,16H2,(H,25,31). The van der Waals surface area contributed by atoms with Crippen LogP contribution in [-0.4, -0.2) is 58.4 Å². The summed E-state index contributed by atoms with van der Waals surface area (Å²) in [6.07, 6.45) is 6.60. The average molecular weight is 450 g/mol. The van der Waals surface area contributed by atoms with Gasteiger partial charge in [-0.05, 0) is 55.7 Å². The van der Waals surface area contributed by atoms with Gasteiger partial charge < -0.3 is 15.1 Å². The lowest BCUT2D eigenvalue weighted by Crippen LogP contribution is -2.51. The number of carbonyl (C=O) groups excluding carboxylic acids is 2. The molecule has 0 saturated carbocycles. The van der Waals surface area contributed by atoms with Crippen molar-refractivity contribution >= 4 is 39.2 Å². The number of aromatic nitrogens is 2. The van der Waals surface area contributed by atoms with E-state index in [1.54, 1.807) is 29.8 Å². The summed E-state index contributed by atoms with van der Waals surface area (Å²) in [6.45, 7) is 2.60. The van der Waals surface area contributed by atoms with E-state index in [1.807, 2.05) is 29.2 Å². The lowest BCUT2D eigenvalue weighted by Gasteiger charge is -2.38. The Kier molecular flexibility index (Phi) is 5.78. The van der Waals surface area contributed by atoms with Crippen molar-refractivity contribution in [1.82, 2.24) is 20.2 Å². The minimum absolute atomic E-state index is 0.0166. The zero-order chi connectivity index (χ0) is 22.0. The number of anilines is 1. The van der Waals surface area contributed by atoms with Gasteiger partial charge in [-0.15, -0.1) is 11.3 Å². The molecule has 2 aliphatic heterocycles. The monoisotopic (exact) mass is 449 g/mol. The van der Waals surface area contributed by atoms with E-state index in [1.165, 1.54) is 0 Å². The van der Waals surface area contributed by atoms with E-state index >= 15 is 0 Å². The highest BCUT2D eigenvalue weighted by atomic mass is 32.1. The van der Waals surface area contributed by atoms with Gasteiger partial charge in [-0.25, -0.2) is 9.97 Å². The molecular formula is C24H27N5O2S. The Morgan fingerprint density at radius 1 is 1.00 bits per heavy atom. The Balaban J connectivity index is 1.26. The molecule has 7 nitrogen and oxygen atoms in total. The molecule has 2 amide bonds. The number of rotatable bonds is 4. The third-order valence-corrected chi connectivity index (χ3v) is 7.67. The van der Waals surface area contributed by atoms with Crippen LogP contribution in [0.15, 0.2) is 48.1 Å². The molecule has 2 aliphatic rings. The molecule has 0 bridgehead atoms. The van der Waals surface area contributed by atoms with E-state index in [0.717, 1.165) is 67.8 Å². The summed E-state index contributed by atoms with van der Waals surface area (Å²) in [7, 11) is 0. The summed E-state index contributed by atoms with van der Waals surface area (Å²) in [5.41, 5.74) is 1.45. The molecule has 4 heterocycles. The largest absolute Gasteiger partial charge is 0.355 e. The van der Waals surface area contributed by atoms with Crippen LogP contribution in [0.3, 0.4) is 0 Å². The third kappa shape index (κ3) is 3.95. The van der Waals surface area contributed by atoms with E-state index in [0.29, 0.717) is 5.56 Å². The van der Waals surface area contributed by atoms with E-state index in [-0.39, 0.29) is 23.9 Å². The minimum Gasteiger partial charge on any atom is -0.355 e. The number of amides is 2. The molecule has 0 aliphatic carbocycles. The first kappa shape index (κ1) is 20.9. The van der Waals surface area contributed by atoms with Crippen LogP contribution in [0, 0.1) is 0 Å². The van der Waals surface area contributed by atoms with Crippen molar-refractivity contribution in [2.75, 3.05) is 31.1 Å². The van der Waals surface area contributed by atoms with Crippen molar-refractivity contribution in [3.05, 3.63) is 53.7 Å². The maximum absolute atomic E-state index is 13.1. The van der Waals surface area contributed by atoms with E-state index in [4.69, 9.17) is 0 Å². The summed E-state index contributed by atoms with van der Waals surface area (Å²) in [4.78, 5) is 38.9. The third-order valence-electron chi connectivity index (χ3n) is 6.77. The number of hydrogen-bond acceptors (Lipinski definition) is 6. The van der Waals surface area contributed by atoms with Crippen molar-refractivity contribution in [3.8, 4) is 0 Å². The zero-order valence-corrected chi connectivity index (χ0v) is 18.8. The molecule has 3 aromatic rings. The van der Waals surface area contributed by atoms with E-state index in [9.17, 15) is 9.59 Å². The second-order valence-electron chi connectivity index (χ2n) is 8.59. The van der Waals surface area contributed by atoms with Gasteiger partial charge in [-0.2, -0.15) is 0 Å². The van der Waals surface area contributed by atoms with Crippen LogP contribution in [-0.2, 0) is 4.79 Å². The fraction of sp³-hybridized carbons (Fsp3) is 0.417. The summed E-state index contributed by atoms with van der Waals surface area (Å²) in [5, 5.41) is 4.87. The van der Waals surface area contributed by atoms with Crippen LogP contribution in [0.4, 0.5) is 5.82 Å². The van der Waals surface area contributed by atoms with Gasteiger partial charge in [0.05, 0.1) is 16.8 Å². The highest BCUT2D eigenvalue weighted by molar-refractivity contribution is 7.17. The zero-order valence-electron chi connectivity index (χ0n) is 18.0. The smallest absolute Gasteiger partial charge is 0.251 e. The summed E-state index contributed by atoms with van der Waals surface area (Å²) in [5.74, 6) is 0.818. The van der Waals surface area contributed by atoms with Crippen molar-refractivity contribution in [2.24, 2.45) is 0 Å². The Hall–Kier alpha value is -3.00. The van der Waals surface area contributed by atoms with Gasteiger partial charge in [0.2, 0.25) is 5.91 Å². The van der Waals surface area contributed by atoms with Gasteiger partial charge >= 0.3 is 0 Å². The molecule has 1 aromatic carbocycles. The maximum Gasteiger partial charge on any atom is 0.251 e.